The molecule has 1 aromatic rings. The lowest BCUT2D eigenvalue weighted by molar-refractivity contribution is 0.0976. The number of carbonyl (C=O) groups is 1. The van der Waals surface area contributed by atoms with Crippen molar-refractivity contribution in [2.75, 3.05) is 0 Å². The van der Waals surface area contributed by atoms with Gasteiger partial charge in [-0.1, -0.05) is 0 Å². The molecule has 1 rings (SSSR count). The number of aromatic nitrogens is 3. The number of nitrogens with one attached hydrogen (secondary N) is 2. The molecule has 1 amide bonds. The van der Waals surface area contributed by atoms with Crippen LogP contribution < -0.4 is 4.72 Å². The Morgan fingerprint density at radius 1 is 1.82 bits per heavy atom. The fraction of sp³-hybridized carbons (Fsp3) is 0. The van der Waals surface area contributed by atoms with E-state index in [0.29, 0.717) is 0 Å². The Balaban J connectivity index is 2.64. The SMILES string of the molecule is O=C(NS(=O)O)c1cn[nH]n1. The number of hydrogen-bond acceptors (Lipinski definition) is 4. The van der Waals surface area contributed by atoms with Gasteiger partial charge in [0.2, 0.25) is 0 Å². The number of hydrogen-bond donors (Lipinski definition) is 3. The van der Waals surface area contributed by atoms with Crippen molar-refractivity contribution in [2.24, 2.45) is 0 Å². The summed E-state index contributed by atoms with van der Waals surface area (Å²) in [7, 11) is 0. The maximum atomic E-state index is 10.7. The summed E-state index contributed by atoms with van der Waals surface area (Å²) in [5, 5.41) is 8.89. The van der Waals surface area contributed by atoms with Crippen molar-refractivity contribution in [3.05, 3.63) is 11.9 Å². The van der Waals surface area contributed by atoms with E-state index in [2.05, 4.69) is 15.4 Å². The van der Waals surface area contributed by atoms with E-state index in [4.69, 9.17) is 4.55 Å². The van der Waals surface area contributed by atoms with Crippen LogP contribution in [0.1, 0.15) is 10.5 Å². The number of rotatable bonds is 2. The van der Waals surface area contributed by atoms with Crippen molar-refractivity contribution < 1.29 is 13.6 Å². The molecule has 0 fully saturated rings. The minimum Gasteiger partial charge on any atom is -0.289 e. The molecule has 0 aliphatic heterocycles. The first-order chi connectivity index (χ1) is 5.20. The van der Waals surface area contributed by atoms with Gasteiger partial charge in [0.1, 0.15) is 0 Å². The standard InChI is InChI=1S/C3H4N4O3S/c8-3(6-11(9)10)2-1-4-7-5-2/h1H,(H,6,8)(H,9,10)(H,4,5,7). The molecular formula is C3H4N4O3S. The van der Waals surface area contributed by atoms with E-state index >= 15 is 0 Å². The van der Waals surface area contributed by atoms with Gasteiger partial charge in [-0.05, 0) is 0 Å². The van der Waals surface area contributed by atoms with Crippen LogP contribution in [0.15, 0.2) is 6.20 Å². The highest BCUT2D eigenvalue weighted by Gasteiger charge is 2.09. The fourth-order valence-electron chi connectivity index (χ4n) is 0.443. The van der Waals surface area contributed by atoms with Crippen LogP contribution in [0.4, 0.5) is 0 Å². The molecule has 7 nitrogen and oxygen atoms in total. The average molecular weight is 176 g/mol. The van der Waals surface area contributed by atoms with Crippen LogP contribution in [0.5, 0.6) is 0 Å². The summed E-state index contributed by atoms with van der Waals surface area (Å²) in [4.78, 5) is 10.7. The second-order valence-electron chi connectivity index (χ2n) is 1.54. The number of nitrogens with zero attached hydrogens (tertiary/aromatic N) is 2. The summed E-state index contributed by atoms with van der Waals surface area (Å²) in [6, 6.07) is 0. The van der Waals surface area contributed by atoms with Gasteiger partial charge in [0.05, 0.1) is 6.20 Å². The Bertz CT molecular complexity index is 270. The zero-order chi connectivity index (χ0) is 8.27. The highest BCUT2D eigenvalue weighted by molar-refractivity contribution is 7.77. The predicted octanol–water partition coefficient (Wildman–Crippen LogP) is -1.33. The molecule has 1 heterocycles. The predicted molar refractivity (Wildman–Crippen MR) is 34.6 cm³/mol. The molecule has 1 unspecified atom stereocenters. The third-order valence-corrected chi connectivity index (χ3v) is 1.19. The molecule has 3 N–H and O–H groups in total. The summed E-state index contributed by atoms with van der Waals surface area (Å²) < 4.78 is 19.9. The molecule has 0 bridgehead atoms. The first kappa shape index (κ1) is 7.82. The van der Waals surface area contributed by atoms with Crippen molar-refractivity contribution in [1.82, 2.24) is 20.1 Å². The minimum absolute atomic E-state index is 0.0348. The average Bonchev–Trinajstić information content (AvgIpc) is 2.35. The van der Waals surface area contributed by atoms with Crippen molar-refractivity contribution in [3.8, 4) is 0 Å². The van der Waals surface area contributed by atoms with E-state index in [1.165, 1.54) is 0 Å². The molecule has 0 aliphatic rings. The highest BCUT2D eigenvalue weighted by atomic mass is 32.2. The second kappa shape index (κ2) is 3.21. The third kappa shape index (κ3) is 2.09. The first-order valence-corrected chi connectivity index (χ1v) is 3.58. The van der Waals surface area contributed by atoms with Crippen LogP contribution in [0, 0.1) is 0 Å². The fourth-order valence-corrected chi connectivity index (χ4v) is 0.706. The topological polar surface area (TPSA) is 108 Å². The number of carbonyl (C=O) groups excluding carboxylic acids is 1. The zero-order valence-electron chi connectivity index (χ0n) is 5.14. The maximum absolute atomic E-state index is 10.7. The van der Waals surface area contributed by atoms with Gasteiger partial charge in [0.15, 0.2) is 5.69 Å². The largest absolute Gasteiger partial charge is 0.289 e. The number of H-pyrrole nitrogens is 1. The highest BCUT2D eigenvalue weighted by Crippen LogP contribution is 1.87. The molecule has 0 saturated carbocycles. The Kier molecular flexibility index (Phi) is 2.28. The number of aromatic amines is 1. The normalized spacial score (nSPS) is 12.5. The molecule has 0 saturated heterocycles. The molecule has 1 aromatic heterocycles. The van der Waals surface area contributed by atoms with Crippen LogP contribution in [-0.2, 0) is 11.3 Å². The Morgan fingerprint density at radius 2 is 2.55 bits per heavy atom. The molecule has 60 valence electrons. The maximum Gasteiger partial charge on any atom is 0.286 e. The van der Waals surface area contributed by atoms with Crippen LogP contribution in [0.3, 0.4) is 0 Å². The van der Waals surface area contributed by atoms with Gasteiger partial charge >= 0.3 is 0 Å². The minimum atomic E-state index is -2.36. The summed E-state index contributed by atoms with van der Waals surface area (Å²) >= 11 is -2.36. The van der Waals surface area contributed by atoms with E-state index < -0.39 is 17.2 Å². The van der Waals surface area contributed by atoms with Crippen molar-refractivity contribution in [2.45, 2.75) is 0 Å². The van der Waals surface area contributed by atoms with Gasteiger partial charge in [0.25, 0.3) is 17.2 Å². The summed E-state index contributed by atoms with van der Waals surface area (Å²) in [5.74, 6) is -0.750. The molecule has 0 spiro atoms. The molecule has 8 heteroatoms. The van der Waals surface area contributed by atoms with Gasteiger partial charge < -0.3 is 0 Å². The van der Waals surface area contributed by atoms with Gasteiger partial charge in [0, 0.05) is 0 Å². The van der Waals surface area contributed by atoms with Gasteiger partial charge in [-0.15, -0.1) is 0 Å². The van der Waals surface area contributed by atoms with E-state index in [1.54, 1.807) is 4.72 Å². The van der Waals surface area contributed by atoms with E-state index in [9.17, 15) is 9.00 Å². The lowest BCUT2D eigenvalue weighted by atomic mass is 10.5. The smallest absolute Gasteiger partial charge is 0.286 e. The number of amides is 1. The van der Waals surface area contributed by atoms with Crippen LogP contribution in [0.25, 0.3) is 0 Å². The van der Waals surface area contributed by atoms with Gasteiger partial charge in [-0.25, -0.2) is 8.93 Å². The molecule has 0 aliphatic carbocycles. The lowest BCUT2D eigenvalue weighted by Gasteiger charge is -1.92. The van der Waals surface area contributed by atoms with Crippen molar-refractivity contribution in [1.29, 1.82) is 0 Å². The third-order valence-electron chi connectivity index (χ3n) is 0.828. The summed E-state index contributed by atoms with van der Waals surface area (Å²) in [6.45, 7) is 0. The van der Waals surface area contributed by atoms with E-state index in [1.807, 2.05) is 0 Å². The zero-order valence-corrected chi connectivity index (χ0v) is 5.96. The van der Waals surface area contributed by atoms with Crippen LogP contribution in [-0.4, -0.2) is 30.1 Å². The molecule has 0 radical (unpaired) electrons. The van der Waals surface area contributed by atoms with Crippen molar-refractivity contribution >= 4 is 17.2 Å². The molecular weight excluding hydrogens is 172 g/mol. The van der Waals surface area contributed by atoms with Gasteiger partial charge in [-0.2, -0.15) is 15.4 Å². The molecule has 11 heavy (non-hydrogen) atoms. The quantitative estimate of drug-likeness (QED) is 0.484. The van der Waals surface area contributed by atoms with E-state index in [0.717, 1.165) is 6.20 Å². The summed E-state index contributed by atoms with van der Waals surface area (Å²) in [6.07, 6.45) is 1.14. The van der Waals surface area contributed by atoms with Gasteiger partial charge in [-0.3, -0.25) is 9.35 Å². The monoisotopic (exact) mass is 176 g/mol. The molecule has 1 atom stereocenters. The first-order valence-electron chi connectivity index (χ1n) is 2.48. The van der Waals surface area contributed by atoms with Crippen LogP contribution in [0.2, 0.25) is 0 Å². The Hall–Kier alpha value is -1.28. The lowest BCUT2D eigenvalue weighted by Crippen LogP contribution is -2.25. The Labute approximate surface area is 63.6 Å². The van der Waals surface area contributed by atoms with Crippen LogP contribution >= 0.6 is 0 Å². The molecule has 0 aromatic carbocycles. The Morgan fingerprint density at radius 3 is 3.00 bits per heavy atom. The second-order valence-corrected chi connectivity index (χ2v) is 2.24. The summed E-state index contributed by atoms with van der Waals surface area (Å²) in [5.41, 5.74) is -0.0348. The van der Waals surface area contributed by atoms with Crippen molar-refractivity contribution in [3.63, 3.8) is 0 Å². The van der Waals surface area contributed by atoms with E-state index in [-0.39, 0.29) is 5.69 Å².